The summed E-state index contributed by atoms with van der Waals surface area (Å²) in [7, 11) is 1.58. The summed E-state index contributed by atoms with van der Waals surface area (Å²) in [6, 6.07) is 9.23. The number of rotatable bonds is 5. The van der Waals surface area contributed by atoms with Gasteiger partial charge in [-0.2, -0.15) is 18.1 Å². The van der Waals surface area contributed by atoms with Crippen molar-refractivity contribution in [2.75, 3.05) is 26.7 Å². The largest absolute Gasteiger partial charge is 0.417 e. The van der Waals surface area contributed by atoms with Crippen molar-refractivity contribution in [3.8, 4) is 5.75 Å². The van der Waals surface area contributed by atoms with Crippen molar-refractivity contribution < 1.29 is 32.5 Å². The quantitative estimate of drug-likeness (QED) is 0.470. The third-order valence-corrected chi connectivity index (χ3v) is 7.08. The normalized spacial score (nSPS) is 16.6. The molecule has 0 atom stereocenters. The van der Waals surface area contributed by atoms with E-state index in [0.29, 0.717) is 49.6 Å². The fourth-order valence-corrected chi connectivity index (χ4v) is 5.09. The number of hydrogen-bond donors (Lipinski definition) is 1. The van der Waals surface area contributed by atoms with Gasteiger partial charge >= 0.3 is 6.18 Å². The number of benzene rings is 2. The minimum Gasteiger partial charge on any atom is -0.359 e. The summed E-state index contributed by atoms with van der Waals surface area (Å²) in [6.45, 7) is 1.26. The number of nitrogens with zero attached hydrogens (tertiary/aromatic N) is 1. The van der Waals surface area contributed by atoms with Crippen molar-refractivity contribution in [2.45, 2.75) is 35.2 Å². The first kappa shape index (κ1) is 25.1. The summed E-state index contributed by atoms with van der Waals surface area (Å²) in [5, 5.41) is 2.62. The lowest BCUT2D eigenvalue weighted by Crippen LogP contribution is -2.41. The SMILES string of the molecule is CNC(=O)C1CCN(C(=O)C=Cc2ccc(Sc3ccc4c(c3)CCOO4)c(C(F)(F)F)c2)CC1. The van der Waals surface area contributed by atoms with Crippen molar-refractivity contribution in [2.24, 2.45) is 5.92 Å². The molecule has 2 heterocycles. The van der Waals surface area contributed by atoms with Gasteiger partial charge in [0, 0.05) is 53.9 Å². The summed E-state index contributed by atoms with van der Waals surface area (Å²) in [5.41, 5.74) is 0.402. The summed E-state index contributed by atoms with van der Waals surface area (Å²) in [6.07, 6.45) is -0.127. The van der Waals surface area contributed by atoms with E-state index < -0.39 is 11.7 Å². The van der Waals surface area contributed by atoms with E-state index in [-0.39, 0.29) is 28.2 Å². The van der Waals surface area contributed by atoms with Crippen LogP contribution in [0.3, 0.4) is 0 Å². The van der Waals surface area contributed by atoms with E-state index in [9.17, 15) is 22.8 Å². The molecule has 0 aliphatic carbocycles. The number of alkyl halides is 3. The molecule has 0 radical (unpaired) electrons. The average Bonchev–Trinajstić information content (AvgIpc) is 2.86. The molecule has 35 heavy (non-hydrogen) atoms. The first-order valence-corrected chi connectivity index (χ1v) is 12.1. The zero-order chi connectivity index (χ0) is 25.0. The number of likely N-dealkylation sites (tertiary alicyclic amines) is 1. The molecule has 10 heteroatoms. The van der Waals surface area contributed by atoms with E-state index in [1.165, 1.54) is 18.2 Å². The van der Waals surface area contributed by atoms with Crippen molar-refractivity contribution in [3.05, 3.63) is 59.2 Å². The van der Waals surface area contributed by atoms with Crippen LogP contribution in [-0.2, 0) is 27.1 Å². The molecule has 0 bridgehead atoms. The van der Waals surface area contributed by atoms with Gasteiger partial charge in [-0.25, -0.2) is 0 Å². The Morgan fingerprint density at radius 2 is 1.91 bits per heavy atom. The molecule has 2 amide bonds. The van der Waals surface area contributed by atoms with Crippen molar-refractivity contribution in [1.29, 1.82) is 0 Å². The molecule has 0 saturated carbocycles. The third-order valence-electron chi connectivity index (χ3n) is 6.01. The Labute approximate surface area is 205 Å². The van der Waals surface area contributed by atoms with Crippen molar-refractivity contribution in [3.63, 3.8) is 0 Å². The molecule has 186 valence electrons. The molecule has 4 rings (SSSR count). The number of carbonyl (C=O) groups is 2. The highest BCUT2D eigenvalue weighted by Crippen LogP contribution is 2.41. The summed E-state index contributed by atoms with van der Waals surface area (Å²) >= 11 is 1.03. The van der Waals surface area contributed by atoms with E-state index in [1.54, 1.807) is 30.1 Å². The first-order chi connectivity index (χ1) is 16.7. The Kier molecular flexibility index (Phi) is 7.71. The van der Waals surface area contributed by atoms with Gasteiger partial charge in [-0.1, -0.05) is 17.8 Å². The highest BCUT2D eigenvalue weighted by atomic mass is 32.2. The van der Waals surface area contributed by atoms with Crippen LogP contribution >= 0.6 is 11.8 Å². The van der Waals surface area contributed by atoms with Crippen LogP contribution in [0, 0.1) is 5.92 Å². The standard InChI is InChI=1S/C25H25F3N2O4S/c1-29-24(32)17-8-11-30(12-9-17)23(31)7-3-16-2-6-22(20(14-16)25(26,27)28)35-19-4-5-21-18(15-19)10-13-33-34-21/h2-7,14-15,17H,8-13H2,1H3,(H,29,32). The van der Waals surface area contributed by atoms with E-state index in [0.717, 1.165) is 23.4 Å². The van der Waals surface area contributed by atoms with Crippen molar-refractivity contribution >= 4 is 29.7 Å². The lowest BCUT2D eigenvalue weighted by atomic mass is 9.96. The Bertz CT molecular complexity index is 1130. The Hall–Kier alpha value is -2.98. The van der Waals surface area contributed by atoms with Crippen LogP contribution in [0.5, 0.6) is 5.75 Å². The number of carbonyl (C=O) groups excluding carboxylic acids is 2. The van der Waals surface area contributed by atoms with Crippen LogP contribution in [0.15, 0.2) is 52.3 Å². The molecule has 6 nitrogen and oxygen atoms in total. The van der Waals surface area contributed by atoms with Gasteiger partial charge in [0.2, 0.25) is 11.8 Å². The number of piperidine rings is 1. The van der Waals surface area contributed by atoms with Gasteiger partial charge in [-0.05, 0) is 54.8 Å². The number of halogens is 3. The van der Waals surface area contributed by atoms with Crippen LogP contribution in [-0.4, -0.2) is 43.5 Å². The molecule has 1 fully saturated rings. The molecule has 1 N–H and O–H groups in total. The molecule has 0 unspecified atom stereocenters. The van der Waals surface area contributed by atoms with Crippen LogP contribution in [0.25, 0.3) is 6.08 Å². The Morgan fingerprint density at radius 3 is 2.63 bits per heavy atom. The number of hydrogen-bond acceptors (Lipinski definition) is 5. The maximum absolute atomic E-state index is 13.8. The van der Waals surface area contributed by atoms with E-state index in [1.807, 2.05) is 6.07 Å². The second-order valence-corrected chi connectivity index (χ2v) is 9.44. The third kappa shape index (κ3) is 6.18. The highest BCUT2D eigenvalue weighted by Gasteiger charge is 2.34. The van der Waals surface area contributed by atoms with E-state index in [4.69, 9.17) is 9.78 Å². The van der Waals surface area contributed by atoms with Gasteiger partial charge in [-0.3, -0.25) is 9.59 Å². The maximum atomic E-state index is 13.8. The zero-order valence-electron chi connectivity index (χ0n) is 19.1. The summed E-state index contributed by atoms with van der Waals surface area (Å²) in [5.74, 6) is 0.124. The minimum atomic E-state index is -4.55. The van der Waals surface area contributed by atoms with Gasteiger partial charge in [0.1, 0.15) is 0 Å². The number of fused-ring (bicyclic) bond motifs is 1. The van der Waals surface area contributed by atoms with Gasteiger partial charge in [-0.15, -0.1) is 0 Å². The summed E-state index contributed by atoms with van der Waals surface area (Å²) < 4.78 is 41.5. The monoisotopic (exact) mass is 506 g/mol. The summed E-state index contributed by atoms with van der Waals surface area (Å²) in [4.78, 5) is 36.6. The van der Waals surface area contributed by atoms with Gasteiger partial charge < -0.3 is 15.1 Å². The number of nitrogens with one attached hydrogen (secondary N) is 1. The highest BCUT2D eigenvalue weighted by molar-refractivity contribution is 7.99. The predicted octanol–water partition coefficient (Wildman–Crippen LogP) is 4.72. The Morgan fingerprint density at radius 1 is 1.14 bits per heavy atom. The molecule has 2 aromatic carbocycles. The van der Waals surface area contributed by atoms with E-state index >= 15 is 0 Å². The molecule has 2 aliphatic rings. The topological polar surface area (TPSA) is 67.9 Å². The maximum Gasteiger partial charge on any atom is 0.417 e. The molecule has 0 spiro atoms. The second kappa shape index (κ2) is 10.7. The van der Waals surface area contributed by atoms with Gasteiger partial charge in [0.15, 0.2) is 5.75 Å². The van der Waals surface area contributed by atoms with Crippen LogP contribution in [0.1, 0.15) is 29.5 Å². The van der Waals surface area contributed by atoms with Crippen LogP contribution < -0.4 is 10.2 Å². The van der Waals surface area contributed by atoms with Crippen molar-refractivity contribution in [1.82, 2.24) is 10.2 Å². The van der Waals surface area contributed by atoms with Gasteiger partial charge in [0.25, 0.3) is 0 Å². The molecule has 2 aliphatic heterocycles. The molecule has 2 aromatic rings. The number of amides is 2. The van der Waals surface area contributed by atoms with E-state index in [2.05, 4.69) is 5.32 Å². The lowest BCUT2D eigenvalue weighted by Gasteiger charge is -2.30. The molecule has 1 saturated heterocycles. The smallest absolute Gasteiger partial charge is 0.359 e. The molecule has 0 aromatic heterocycles. The second-order valence-electron chi connectivity index (χ2n) is 8.33. The fraction of sp³-hybridized carbons (Fsp3) is 0.360. The predicted molar refractivity (Wildman–Crippen MR) is 125 cm³/mol. The first-order valence-electron chi connectivity index (χ1n) is 11.2. The molecular formula is C25H25F3N2O4S. The average molecular weight is 507 g/mol. The molecular weight excluding hydrogens is 481 g/mol. The zero-order valence-corrected chi connectivity index (χ0v) is 19.9. The van der Waals surface area contributed by atoms with Crippen LogP contribution in [0.4, 0.5) is 13.2 Å². The Balaban J connectivity index is 1.46. The lowest BCUT2D eigenvalue weighted by molar-refractivity contribution is -0.215. The fourth-order valence-electron chi connectivity index (χ4n) is 4.08. The van der Waals surface area contributed by atoms with Crippen LogP contribution in [0.2, 0.25) is 0 Å². The van der Waals surface area contributed by atoms with Gasteiger partial charge in [0.05, 0.1) is 12.2 Å². The minimum absolute atomic E-state index is 0.0389.